The highest BCUT2D eigenvalue weighted by Crippen LogP contribution is 2.22. The first-order valence-electron chi connectivity index (χ1n) is 10.3. The van der Waals surface area contributed by atoms with Crippen molar-refractivity contribution < 1.29 is 9.53 Å². The lowest BCUT2D eigenvalue weighted by molar-refractivity contribution is -0.133. The molecule has 1 aromatic rings. The van der Waals surface area contributed by atoms with Gasteiger partial charge in [0.25, 0.3) is 0 Å². The molecule has 1 aromatic heterocycles. The van der Waals surface area contributed by atoms with Gasteiger partial charge in [0.2, 0.25) is 5.91 Å². The minimum atomic E-state index is 0.268. The Labute approximate surface area is 157 Å². The van der Waals surface area contributed by atoms with Gasteiger partial charge in [-0.25, -0.2) is 0 Å². The second kappa shape index (κ2) is 9.00. The molecular weight excluding hydrogens is 328 g/mol. The van der Waals surface area contributed by atoms with Crippen LogP contribution in [0, 0.1) is 0 Å². The van der Waals surface area contributed by atoms with Gasteiger partial charge in [-0.2, -0.15) is 5.10 Å². The number of amides is 1. The third-order valence-corrected chi connectivity index (χ3v) is 5.87. The lowest BCUT2D eigenvalue weighted by Crippen LogP contribution is -2.51. The van der Waals surface area contributed by atoms with Gasteiger partial charge >= 0.3 is 0 Å². The second-order valence-corrected chi connectivity index (χ2v) is 7.57. The van der Waals surface area contributed by atoms with Crippen molar-refractivity contribution in [2.24, 2.45) is 0 Å². The summed E-state index contributed by atoms with van der Waals surface area (Å²) < 4.78 is 7.78. The first kappa shape index (κ1) is 19.4. The van der Waals surface area contributed by atoms with E-state index < -0.39 is 0 Å². The van der Waals surface area contributed by atoms with E-state index >= 15 is 0 Å². The Kier molecular flexibility index (Phi) is 6.70. The molecule has 0 spiro atoms. The number of rotatable bonds is 7. The van der Waals surface area contributed by atoms with E-state index in [0.29, 0.717) is 19.1 Å². The normalized spacial score (nSPS) is 19.4. The van der Waals surface area contributed by atoms with Gasteiger partial charge in [-0.15, -0.1) is 0 Å². The SMILES string of the molecule is CCCn1nc(CCC(=O)N2CCN(C(C)CC)CC2)c2c1CCOC2. The number of fused-ring (bicyclic) bond motifs is 1. The number of aromatic nitrogens is 2. The molecule has 2 aliphatic heterocycles. The Morgan fingerprint density at radius 1 is 1.23 bits per heavy atom. The van der Waals surface area contributed by atoms with E-state index in [2.05, 4.69) is 30.4 Å². The maximum atomic E-state index is 12.7. The fourth-order valence-corrected chi connectivity index (χ4v) is 4.03. The topological polar surface area (TPSA) is 50.6 Å². The van der Waals surface area contributed by atoms with E-state index in [-0.39, 0.29) is 5.91 Å². The van der Waals surface area contributed by atoms with Crippen molar-refractivity contribution in [2.45, 2.75) is 72.1 Å². The average Bonchev–Trinajstić information content (AvgIpc) is 3.04. The molecular formula is C20H34N4O2. The Morgan fingerprint density at radius 2 is 2.00 bits per heavy atom. The van der Waals surface area contributed by atoms with Crippen molar-refractivity contribution in [3.8, 4) is 0 Å². The number of piperazine rings is 1. The Balaban J connectivity index is 1.55. The largest absolute Gasteiger partial charge is 0.376 e. The highest BCUT2D eigenvalue weighted by Gasteiger charge is 2.25. The maximum absolute atomic E-state index is 12.7. The van der Waals surface area contributed by atoms with Crippen LogP contribution in [0.25, 0.3) is 0 Å². The van der Waals surface area contributed by atoms with Gasteiger partial charge in [-0.1, -0.05) is 13.8 Å². The van der Waals surface area contributed by atoms with Crippen LogP contribution in [0.5, 0.6) is 0 Å². The average molecular weight is 363 g/mol. The van der Waals surface area contributed by atoms with Gasteiger partial charge in [0.05, 0.1) is 18.9 Å². The molecule has 26 heavy (non-hydrogen) atoms. The van der Waals surface area contributed by atoms with E-state index in [0.717, 1.165) is 64.3 Å². The second-order valence-electron chi connectivity index (χ2n) is 7.57. The molecule has 1 unspecified atom stereocenters. The predicted octanol–water partition coefficient (Wildman–Crippen LogP) is 2.24. The minimum Gasteiger partial charge on any atom is -0.376 e. The summed E-state index contributed by atoms with van der Waals surface area (Å²) in [4.78, 5) is 17.2. The molecule has 3 rings (SSSR count). The molecule has 1 fully saturated rings. The molecule has 6 nitrogen and oxygen atoms in total. The highest BCUT2D eigenvalue weighted by molar-refractivity contribution is 5.76. The van der Waals surface area contributed by atoms with Crippen LogP contribution in [0.2, 0.25) is 0 Å². The Hall–Kier alpha value is -1.40. The van der Waals surface area contributed by atoms with Gasteiger partial charge in [0, 0.05) is 69.3 Å². The summed E-state index contributed by atoms with van der Waals surface area (Å²) in [5.41, 5.74) is 3.63. The van der Waals surface area contributed by atoms with E-state index in [1.54, 1.807) is 0 Å². The molecule has 0 bridgehead atoms. The number of nitrogens with zero attached hydrogens (tertiary/aromatic N) is 4. The fraction of sp³-hybridized carbons (Fsp3) is 0.800. The number of carbonyl (C=O) groups excluding carboxylic acids is 1. The van der Waals surface area contributed by atoms with Crippen LogP contribution < -0.4 is 0 Å². The molecule has 0 saturated carbocycles. The van der Waals surface area contributed by atoms with E-state index in [4.69, 9.17) is 9.84 Å². The zero-order valence-corrected chi connectivity index (χ0v) is 16.7. The third kappa shape index (κ3) is 4.29. The van der Waals surface area contributed by atoms with Gasteiger partial charge in [-0.05, 0) is 19.8 Å². The fourth-order valence-electron chi connectivity index (χ4n) is 4.03. The Morgan fingerprint density at radius 3 is 2.69 bits per heavy atom. The van der Waals surface area contributed by atoms with Crippen molar-refractivity contribution in [1.29, 1.82) is 0 Å². The van der Waals surface area contributed by atoms with Gasteiger partial charge in [0.15, 0.2) is 0 Å². The third-order valence-electron chi connectivity index (χ3n) is 5.87. The van der Waals surface area contributed by atoms with E-state index in [9.17, 15) is 4.79 Å². The summed E-state index contributed by atoms with van der Waals surface area (Å²) in [5, 5.41) is 4.80. The number of hydrogen-bond acceptors (Lipinski definition) is 4. The molecule has 1 saturated heterocycles. The summed E-state index contributed by atoms with van der Waals surface area (Å²) in [6, 6.07) is 0.612. The van der Waals surface area contributed by atoms with Crippen molar-refractivity contribution >= 4 is 5.91 Å². The summed E-state index contributed by atoms with van der Waals surface area (Å²) >= 11 is 0. The molecule has 1 atom stereocenters. The molecule has 0 N–H and O–H groups in total. The molecule has 0 radical (unpaired) electrons. The summed E-state index contributed by atoms with van der Waals surface area (Å²) in [5.74, 6) is 0.268. The smallest absolute Gasteiger partial charge is 0.223 e. The zero-order valence-electron chi connectivity index (χ0n) is 16.7. The van der Waals surface area contributed by atoms with Crippen LogP contribution in [0.1, 0.15) is 57.0 Å². The van der Waals surface area contributed by atoms with Crippen molar-refractivity contribution in [2.75, 3.05) is 32.8 Å². The molecule has 0 aromatic carbocycles. The van der Waals surface area contributed by atoms with Crippen LogP contribution in [0.4, 0.5) is 0 Å². The number of carbonyl (C=O) groups is 1. The summed E-state index contributed by atoms with van der Waals surface area (Å²) in [6.07, 6.45) is 4.47. The van der Waals surface area contributed by atoms with Crippen LogP contribution in [0.3, 0.4) is 0 Å². The monoisotopic (exact) mass is 362 g/mol. The number of ether oxygens (including phenoxy) is 1. The van der Waals surface area contributed by atoms with Crippen LogP contribution in [-0.4, -0.2) is 64.3 Å². The quantitative estimate of drug-likeness (QED) is 0.746. The van der Waals surface area contributed by atoms with Crippen molar-refractivity contribution in [3.63, 3.8) is 0 Å². The minimum absolute atomic E-state index is 0.268. The van der Waals surface area contributed by atoms with Crippen LogP contribution >= 0.6 is 0 Å². The molecule has 6 heteroatoms. The van der Waals surface area contributed by atoms with E-state index in [1.165, 1.54) is 17.7 Å². The van der Waals surface area contributed by atoms with Gasteiger partial charge in [-0.3, -0.25) is 14.4 Å². The first-order chi connectivity index (χ1) is 12.6. The zero-order chi connectivity index (χ0) is 18.5. The number of aryl methyl sites for hydroxylation is 2. The van der Waals surface area contributed by atoms with Crippen molar-refractivity contribution in [1.82, 2.24) is 19.6 Å². The predicted molar refractivity (Wildman–Crippen MR) is 102 cm³/mol. The number of hydrogen-bond donors (Lipinski definition) is 0. The molecule has 1 amide bonds. The Bertz CT molecular complexity index is 605. The van der Waals surface area contributed by atoms with E-state index in [1.807, 2.05) is 4.90 Å². The maximum Gasteiger partial charge on any atom is 0.223 e. The summed E-state index contributed by atoms with van der Waals surface area (Å²) in [7, 11) is 0. The van der Waals surface area contributed by atoms with Gasteiger partial charge < -0.3 is 9.64 Å². The first-order valence-corrected chi connectivity index (χ1v) is 10.3. The van der Waals surface area contributed by atoms with Gasteiger partial charge in [0.1, 0.15) is 0 Å². The van der Waals surface area contributed by atoms with Crippen molar-refractivity contribution in [3.05, 3.63) is 17.0 Å². The lowest BCUT2D eigenvalue weighted by Gasteiger charge is -2.37. The highest BCUT2D eigenvalue weighted by atomic mass is 16.5. The van der Waals surface area contributed by atoms with Crippen LogP contribution in [0.15, 0.2) is 0 Å². The molecule has 0 aliphatic carbocycles. The van der Waals surface area contributed by atoms with Crippen LogP contribution in [-0.2, 0) is 35.5 Å². The molecule has 3 heterocycles. The standard InChI is InChI=1S/C20H34N4O2/c1-4-9-24-19-8-14-26-15-17(19)18(21-24)6-7-20(25)23-12-10-22(11-13-23)16(3)5-2/h16H,4-15H2,1-3H3. The lowest BCUT2D eigenvalue weighted by atomic mass is 10.1. The summed E-state index contributed by atoms with van der Waals surface area (Å²) in [6.45, 7) is 12.8. The molecule has 2 aliphatic rings. The molecule has 146 valence electrons.